The lowest BCUT2D eigenvalue weighted by molar-refractivity contribution is 0.607. The van der Waals surface area contributed by atoms with E-state index in [2.05, 4.69) is 26.0 Å². The van der Waals surface area contributed by atoms with E-state index in [1.54, 1.807) is 23.5 Å². The summed E-state index contributed by atoms with van der Waals surface area (Å²) in [6.07, 6.45) is 1.14. The maximum Gasteiger partial charge on any atom is 0.229 e. The van der Waals surface area contributed by atoms with E-state index in [1.807, 2.05) is 24.3 Å². The Morgan fingerprint density at radius 3 is 2.42 bits per heavy atom. The zero-order valence-electron chi connectivity index (χ0n) is 10.2. The second-order valence-electron chi connectivity index (χ2n) is 3.98. The number of hydrogen-bond donors (Lipinski definition) is 2. The fourth-order valence-electron chi connectivity index (χ4n) is 1.56. The molecule has 0 amide bonds. The van der Waals surface area contributed by atoms with E-state index in [0.29, 0.717) is 12.2 Å². The van der Waals surface area contributed by atoms with Gasteiger partial charge in [0.1, 0.15) is 0 Å². The molecule has 19 heavy (non-hydrogen) atoms. The van der Waals surface area contributed by atoms with Crippen LogP contribution >= 0.6 is 27.3 Å². The van der Waals surface area contributed by atoms with E-state index >= 15 is 0 Å². The summed E-state index contributed by atoms with van der Waals surface area (Å²) in [5.74, 6) is 0. The van der Waals surface area contributed by atoms with Crippen LogP contribution in [0.1, 0.15) is 4.88 Å². The topological polar surface area (TPSA) is 58.2 Å². The summed E-state index contributed by atoms with van der Waals surface area (Å²) in [6.45, 7) is 0.652. The van der Waals surface area contributed by atoms with Crippen LogP contribution in [0.25, 0.3) is 0 Å². The van der Waals surface area contributed by atoms with Gasteiger partial charge < -0.3 is 5.32 Å². The van der Waals surface area contributed by atoms with E-state index in [9.17, 15) is 8.42 Å². The molecule has 7 heteroatoms. The van der Waals surface area contributed by atoms with Gasteiger partial charge >= 0.3 is 0 Å². The minimum absolute atomic E-state index is 0.556. The van der Waals surface area contributed by atoms with Crippen molar-refractivity contribution >= 4 is 48.7 Å². The average Bonchev–Trinajstić information content (AvgIpc) is 2.72. The van der Waals surface area contributed by atoms with E-state index in [4.69, 9.17) is 0 Å². The zero-order valence-corrected chi connectivity index (χ0v) is 13.4. The van der Waals surface area contributed by atoms with Crippen LogP contribution in [0.5, 0.6) is 0 Å². The molecule has 0 aliphatic heterocycles. The van der Waals surface area contributed by atoms with E-state index in [-0.39, 0.29) is 0 Å². The summed E-state index contributed by atoms with van der Waals surface area (Å²) in [5.41, 5.74) is 1.32. The Balaban J connectivity index is 2.11. The molecule has 2 aromatic rings. The summed E-state index contributed by atoms with van der Waals surface area (Å²) < 4.78 is 26.1. The SMILES string of the molecule is CS(=O)(=O)Nc1ccccc1NCc1ccc(Br)s1. The van der Waals surface area contributed by atoms with Gasteiger partial charge in [0.05, 0.1) is 21.4 Å². The number of thiophene rings is 1. The molecule has 1 aromatic carbocycles. The van der Waals surface area contributed by atoms with Crippen molar-refractivity contribution in [1.29, 1.82) is 0 Å². The van der Waals surface area contributed by atoms with Crippen LogP contribution in [0, 0.1) is 0 Å². The van der Waals surface area contributed by atoms with Gasteiger partial charge in [-0.15, -0.1) is 11.3 Å². The zero-order chi connectivity index (χ0) is 13.9. The Labute approximate surface area is 125 Å². The second-order valence-corrected chi connectivity index (χ2v) is 8.28. The highest BCUT2D eigenvalue weighted by Gasteiger charge is 2.07. The van der Waals surface area contributed by atoms with Crippen molar-refractivity contribution in [3.05, 3.63) is 45.1 Å². The summed E-state index contributed by atoms with van der Waals surface area (Å²) in [5, 5.41) is 3.23. The number of sulfonamides is 1. The van der Waals surface area contributed by atoms with Gasteiger partial charge in [-0.2, -0.15) is 0 Å². The average molecular weight is 361 g/mol. The van der Waals surface area contributed by atoms with Crippen LogP contribution in [-0.2, 0) is 16.6 Å². The molecule has 0 fully saturated rings. The molecule has 1 heterocycles. The van der Waals surface area contributed by atoms with E-state index in [1.165, 1.54) is 4.88 Å². The third kappa shape index (κ3) is 4.52. The highest BCUT2D eigenvalue weighted by molar-refractivity contribution is 9.11. The Morgan fingerprint density at radius 1 is 1.16 bits per heavy atom. The van der Waals surface area contributed by atoms with Gasteiger partial charge in [0.25, 0.3) is 0 Å². The highest BCUT2D eigenvalue weighted by Crippen LogP contribution is 2.26. The van der Waals surface area contributed by atoms with Gasteiger partial charge in [-0.3, -0.25) is 4.72 Å². The predicted octanol–water partition coefficient (Wildman–Crippen LogP) is 3.49. The molecule has 0 aliphatic carbocycles. The molecule has 0 saturated heterocycles. The molecule has 0 radical (unpaired) electrons. The first-order chi connectivity index (χ1) is 8.94. The number of benzene rings is 1. The van der Waals surface area contributed by atoms with Crippen molar-refractivity contribution in [3.8, 4) is 0 Å². The van der Waals surface area contributed by atoms with E-state index < -0.39 is 10.0 Å². The van der Waals surface area contributed by atoms with Crippen LogP contribution in [0.3, 0.4) is 0 Å². The van der Waals surface area contributed by atoms with Gasteiger partial charge in [-0.25, -0.2) is 8.42 Å². The third-order valence-corrected chi connectivity index (χ3v) is 4.52. The lowest BCUT2D eigenvalue weighted by Gasteiger charge is -2.11. The molecule has 1 aromatic heterocycles. The Kier molecular flexibility index (Phi) is 4.49. The fourth-order valence-corrected chi connectivity index (χ4v) is 3.56. The van der Waals surface area contributed by atoms with Crippen LogP contribution in [0.4, 0.5) is 11.4 Å². The molecular weight excluding hydrogens is 348 g/mol. The van der Waals surface area contributed by atoms with Crippen LogP contribution in [0.2, 0.25) is 0 Å². The minimum Gasteiger partial charge on any atom is -0.378 e. The van der Waals surface area contributed by atoms with Crippen LogP contribution in [0.15, 0.2) is 40.2 Å². The molecule has 0 aliphatic rings. The number of halogens is 1. The molecule has 0 bridgehead atoms. The molecule has 4 nitrogen and oxygen atoms in total. The quantitative estimate of drug-likeness (QED) is 0.857. The minimum atomic E-state index is -3.27. The molecule has 2 N–H and O–H groups in total. The van der Waals surface area contributed by atoms with Gasteiger partial charge in [0.2, 0.25) is 10.0 Å². The summed E-state index contributed by atoms with van der Waals surface area (Å²) in [6, 6.07) is 11.2. The molecule has 0 unspecified atom stereocenters. The summed E-state index contributed by atoms with van der Waals surface area (Å²) >= 11 is 5.05. The number of rotatable bonds is 5. The van der Waals surface area contributed by atoms with Crippen molar-refractivity contribution in [1.82, 2.24) is 0 Å². The Morgan fingerprint density at radius 2 is 1.84 bits per heavy atom. The standard InChI is InChI=1S/C12H13BrN2O2S2/c1-19(16,17)15-11-5-3-2-4-10(11)14-8-9-6-7-12(13)18-9/h2-7,14-15H,8H2,1H3. The molecule has 102 valence electrons. The lowest BCUT2D eigenvalue weighted by Crippen LogP contribution is -2.11. The van der Waals surface area contributed by atoms with E-state index in [0.717, 1.165) is 15.7 Å². The van der Waals surface area contributed by atoms with Crippen molar-refractivity contribution in [3.63, 3.8) is 0 Å². The first-order valence-corrected chi connectivity index (χ1v) is 8.99. The first-order valence-electron chi connectivity index (χ1n) is 5.49. The van der Waals surface area contributed by atoms with Crippen molar-refractivity contribution in [2.75, 3.05) is 16.3 Å². The number of para-hydroxylation sites is 2. The van der Waals surface area contributed by atoms with Crippen LogP contribution < -0.4 is 10.0 Å². The largest absolute Gasteiger partial charge is 0.378 e. The Hall–Kier alpha value is -1.05. The Bertz CT molecular complexity index is 668. The van der Waals surface area contributed by atoms with Crippen molar-refractivity contribution in [2.24, 2.45) is 0 Å². The van der Waals surface area contributed by atoms with Gasteiger partial charge in [-0.1, -0.05) is 12.1 Å². The number of anilines is 2. The molecule has 0 atom stereocenters. The maximum atomic E-state index is 11.3. The van der Waals surface area contributed by atoms with Gasteiger partial charge in [0, 0.05) is 11.4 Å². The fraction of sp³-hybridized carbons (Fsp3) is 0.167. The molecule has 2 rings (SSSR count). The lowest BCUT2D eigenvalue weighted by atomic mass is 10.2. The van der Waals surface area contributed by atoms with Crippen molar-refractivity contribution in [2.45, 2.75) is 6.54 Å². The monoisotopic (exact) mass is 360 g/mol. The van der Waals surface area contributed by atoms with Crippen LogP contribution in [-0.4, -0.2) is 14.7 Å². The van der Waals surface area contributed by atoms with Gasteiger partial charge in [-0.05, 0) is 40.2 Å². The highest BCUT2D eigenvalue weighted by atomic mass is 79.9. The first kappa shape index (κ1) is 14.4. The van der Waals surface area contributed by atoms with Crippen molar-refractivity contribution < 1.29 is 8.42 Å². The summed E-state index contributed by atoms with van der Waals surface area (Å²) in [7, 11) is -3.27. The second kappa shape index (κ2) is 5.94. The molecular formula is C12H13BrN2O2S2. The number of nitrogens with one attached hydrogen (secondary N) is 2. The number of hydrogen-bond acceptors (Lipinski definition) is 4. The maximum absolute atomic E-state index is 11.3. The smallest absolute Gasteiger partial charge is 0.229 e. The molecule has 0 spiro atoms. The summed E-state index contributed by atoms with van der Waals surface area (Å²) in [4.78, 5) is 1.17. The normalized spacial score (nSPS) is 11.3. The van der Waals surface area contributed by atoms with Gasteiger partial charge in [0.15, 0.2) is 0 Å². The molecule has 0 saturated carbocycles. The predicted molar refractivity (Wildman–Crippen MR) is 84.3 cm³/mol. The third-order valence-electron chi connectivity index (χ3n) is 2.30.